The van der Waals surface area contributed by atoms with E-state index in [1.54, 1.807) is 0 Å². The number of carboxylic acids is 1. The monoisotopic (exact) mass is 418 g/mol. The summed E-state index contributed by atoms with van der Waals surface area (Å²) >= 11 is 0. The summed E-state index contributed by atoms with van der Waals surface area (Å²) in [4.78, 5) is 29.0. The van der Waals surface area contributed by atoms with E-state index in [0.29, 0.717) is 5.56 Å². The molecule has 0 aliphatic heterocycles. The molecule has 0 heterocycles. The van der Waals surface area contributed by atoms with Crippen LogP contribution in [0.2, 0.25) is 0 Å². The molecule has 8 nitrogen and oxygen atoms in total. The molecule has 9 heteroatoms. The molecule has 0 radical (unpaired) electrons. The third-order valence-corrected chi connectivity index (χ3v) is 3.12. The van der Waals surface area contributed by atoms with Gasteiger partial charge in [-0.15, -0.1) is 0 Å². The average Bonchev–Trinajstić information content (AvgIpc) is 2.61. The van der Waals surface area contributed by atoms with Crippen LogP contribution in [-0.2, 0) is 24.3 Å². The molecule has 0 aromatic heterocycles. The number of carbonyl (C=O) groups is 2. The quantitative estimate of drug-likeness (QED) is 0.359. The minimum Gasteiger partial charge on any atom is -0.507 e. The van der Waals surface area contributed by atoms with Gasteiger partial charge in [-0.2, -0.15) is 0 Å². The van der Waals surface area contributed by atoms with Gasteiger partial charge in [-0.05, 0) is 36.4 Å². The number of carboxylic acid groups (broad SMARTS) is 1. The fourth-order valence-corrected chi connectivity index (χ4v) is 1.88. The molecule has 0 aliphatic rings. The van der Waals surface area contributed by atoms with Crippen LogP contribution >= 0.6 is 0 Å². The van der Waals surface area contributed by atoms with Crippen molar-refractivity contribution in [1.82, 2.24) is 0 Å². The first kappa shape index (κ1) is 21.7. The molecule has 0 bridgehead atoms. The van der Waals surface area contributed by atoms with Gasteiger partial charge in [0, 0.05) is 55.4 Å². The van der Waals surface area contributed by atoms with Crippen LogP contribution in [0.15, 0.2) is 58.8 Å². The van der Waals surface area contributed by atoms with Gasteiger partial charge in [0.2, 0.25) is 0 Å². The van der Waals surface area contributed by atoms with Gasteiger partial charge in [0.05, 0.1) is 5.56 Å². The number of hydrogen-bond acceptors (Lipinski definition) is 7. The van der Waals surface area contributed by atoms with Crippen LogP contribution in [0.4, 0.5) is 0 Å². The topological polar surface area (TPSA) is 129 Å². The Balaban J connectivity index is 0.00000364. The summed E-state index contributed by atoms with van der Waals surface area (Å²) in [7, 11) is 0. The maximum atomic E-state index is 10.9. The number of phenols is 2. The predicted octanol–water partition coefficient (Wildman–Crippen LogP) is 2.34. The Morgan fingerprint density at radius 2 is 1.48 bits per heavy atom. The Morgan fingerprint density at radius 3 is 2.04 bits per heavy atom. The van der Waals surface area contributed by atoms with Gasteiger partial charge in [0.15, 0.2) is 0 Å². The zero-order valence-electron chi connectivity index (χ0n) is 14.0. The van der Waals surface area contributed by atoms with Crippen molar-refractivity contribution in [3.63, 3.8) is 0 Å². The van der Waals surface area contributed by atoms with Gasteiger partial charge in [-0.25, -0.2) is 4.79 Å². The number of benzene rings is 2. The van der Waals surface area contributed by atoms with E-state index in [1.165, 1.54) is 61.2 Å². The van der Waals surface area contributed by atoms with Gasteiger partial charge in [-0.1, -0.05) is 0 Å². The van der Waals surface area contributed by atoms with Crippen molar-refractivity contribution in [3.05, 3.63) is 65.5 Å². The molecule has 27 heavy (non-hydrogen) atoms. The Kier molecular flexibility index (Phi) is 8.55. The minimum atomic E-state index is -1.11. The van der Waals surface area contributed by atoms with Gasteiger partial charge in [-0.3, -0.25) is 14.8 Å². The first-order chi connectivity index (χ1) is 12.5. The zero-order valence-corrected chi connectivity index (χ0v) is 17.0. The molecule has 134 valence electrons. The van der Waals surface area contributed by atoms with E-state index in [4.69, 9.17) is 5.11 Å². The number of aliphatic imine (C=N–C) groups is 2. The summed E-state index contributed by atoms with van der Waals surface area (Å²) < 4.78 is 4.67. The van der Waals surface area contributed by atoms with E-state index >= 15 is 0 Å². The number of nitrogens with zero attached hydrogens (tertiary/aromatic N) is 2. The first-order valence-electron chi connectivity index (χ1n) is 7.22. The normalized spacial score (nSPS) is 11.0. The van der Waals surface area contributed by atoms with E-state index in [1.807, 2.05) is 0 Å². The Labute approximate surface area is 166 Å². The fraction of sp³-hybridized carbons (Fsp3) is 0. The third-order valence-electron chi connectivity index (χ3n) is 3.12. The summed E-state index contributed by atoms with van der Waals surface area (Å²) in [6, 6.07) is 8.06. The Morgan fingerprint density at radius 1 is 0.926 bits per heavy atom. The van der Waals surface area contributed by atoms with Crippen molar-refractivity contribution in [2.24, 2.45) is 9.98 Å². The molecule has 0 atom stereocenters. The largest absolute Gasteiger partial charge is 0.507 e. The fourth-order valence-electron chi connectivity index (χ4n) is 1.88. The summed E-state index contributed by atoms with van der Waals surface area (Å²) in [5.41, 5.74) is 0.610. The molecule has 2 aromatic carbocycles. The van der Waals surface area contributed by atoms with Crippen LogP contribution in [0, 0.1) is 0 Å². The molecule has 2 rings (SSSR count). The van der Waals surface area contributed by atoms with Crippen molar-refractivity contribution < 1.29 is 49.1 Å². The summed E-state index contributed by atoms with van der Waals surface area (Å²) in [5, 5.41) is 28.3. The molecule has 0 unspecified atom stereocenters. The van der Waals surface area contributed by atoms with Gasteiger partial charge < -0.3 is 20.1 Å². The smallest absolute Gasteiger partial charge is 0.335 e. The first-order valence-corrected chi connectivity index (χ1v) is 7.22. The van der Waals surface area contributed by atoms with Gasteiger partial charge in [0.25, 0.3) is 6.47 Å². The average molecular weight is 420 g/mol. The summed E-state index contributed by atoms with van der Waals surface area (Å²) in [6.45, 7) is 0.274. The molecule has 0 aliphatic carbocycles. The van der Waals surface area contributed by atoms with E-state index in [9.17, 15) is 19.8 Å². The van der Waals surface area contributed by atoms with Crippen molar-refractivity contribution in [2.75, 3.05) is 0 Å². The third kappa shape index (κ3) is 6.48. The van der Waals surface area contributed by atoms with Gasteiger partial charge in [0.1, 0.15) is 17.2 Å². The predicted molar refractivity (Wildman–Crippen MR) is 94.2 cm³/mol. The number of hydrogen-bond donors (Lipinski definition) is 3. The van der Waals surface area contributed by atoms with Crippen molar-refractivity contribution in [2.45, 2.75) is 0 Å². The maximum absolute atomic E-state index is 10.9. The van der Waals surface area contributed by atoms with Crippen LogP contribution < -0.4 is 4.74 Å². The van der Waals surface area contributed by atoms with E-state index in [0.717, 1.165) is 0 Å². The Hall–Kier alpha value is -3.32. The van der Waals surface area contributed by atoms with Crippen LogP contribution in [0.1, 0.15) is 21.5 Å². The number of carbonyl (C=O) groups excluding carboxylic acids is 1. The Bertz CT molecular complexity index is 909. The molecule has 2 aromatic rings. The zero-order chi connectivity index (χ0) is 18.9. The molecule has 0 fully saturated rings. The second-order valence-electron chi connectivity index (χ2n) is 4.87. The second-order valence-corrected chi connectivity index (χ2v) is 4.87. The second kappa shape index (κ2) is 10.6. The molecule has 0 spiro atoms. The molecule has 0 saturated heterocycles. The van der Waals surface area contributed by atoms with Crippen molar-refractivity contribution in [1.29, 1.82) is 0 Å². The standard InChI is InChI=1S/C18H14N2O6.Zn/c21-11-26-15-2-4-17(23)14(8-15)10-20-6-5-19-9-13-7-12(18(24)25)1-3-16(13)22;/h1-11,22-23H,(H,24,25);. The van der Waals surface area contributed by atoms with E-state index in [2.05, 4.69) is 14.7 Å². The van der Waals surface area contributed by atoms with Crippen molar-refractivity contribution in [3.8, 4) is 17.2 Å². The molecular weight excluding hydrogens is 406 g/mol. The van der Waals surface area contributed by atoms with Crippen LogP contribution in [-0.4, -0.2) is 40.2 Å². The SMILES string of the molecule is O=COc1ccc(O)c(C=NC=CN=Cc2cc(C(=O)O)ccc2O)c1.[Zn]. The summed E-state index contributed by atoms with van der Waals surface area (Å²) in [5.74, 6) is -0.998. The van der Waals surface area contributed by atoms with Gasteiger partial charge >= 0.3 is 5.97 Å². The van der Waals surface area contributed by atoms with E-state index in [-0.39, 0.29) is 54.3 Å². The van der Waals surface area contributed by atoms with Crippen LogP contribution in [0.5, 0.6) is 17.2 Å². The van der Waals surface area contributed by atoms with Crippen LogP contribution in [0.25, 0.3) is 0 Å². The number of phenolic OH excluding ortho intramolecular Hbond substituents is 2. The molecule has 3 N–H and O–H groups in total. The van der Waals surface area contributed by atoms with Crippen molar-refractivity contribution >= 4 is 24.9 Å². The number of aromatic hydroxyl groups is 2. The van der Waals surface area contributed by atoms with E-state index < -0.39 is 5.97 Å². The molecule has 0 amide bonds. The minimum absolute atomic E-state index is 0. The molecular formula is C18H14N2O6Zn. The number of rotatable bonds is 7. The number of aromatic carboxylic acids is 1. The van der Waals surface area contributed by atoms with Crippen LogP contribution in [0.3, 0.4) is 0 Å². The number of ether oxygens (including phenoxy) is 1. The summed E-state index contributed by atoms with van der Waals surface area (Å²) in [6.07, 6.45) is 5.25. The molecule has 0 saturated carbocycles. The maximum Gasteiger partial charge on any atom is 0.335 e.